The summed E-state index contributed by atoms with van der Waals surface area (Å²) in [5, 5.41) is 11.5. The fraction of sp³-hybridized carbons (Fsp3) is 0.900. The Balaban J connectivity index is 4.09. The van der Waals surface area contributed by atoms with E-state index in [0.29, 0.717) is 6.54 Å². The quantitative estimate of drug-likeness (QED) is 0.621. The molecule has 1 unspecified atom stereocenters. The van der Waals surface area contributed by atoms with Crippen LogP contribution in [0.25, 0.3) is 0 Å². The van der Waals surface area contributed by atoms with Crippen LogP contribution in [-0.2, 0) is 4.79 Å². The van der Waals surface area contributed by atoms with E-state index in [1.165, 1.54) is 0 Å². The third kappa shape index (κ3) is 4.58. The molecule has 0 saturated carbocycles. The molecule has 0 spiro atoms. The first kappa shape index (κ1) is 13.4. The highest BCUT2D eigenvalue weighted by Crippen LogP contribution is 2.01. The molecule has 0 aromatic heterocycles. The number of hydrogen-bond donors (Lipinski definition) is 2. The monoisotopic (exact) mass is 202 g/mol. The van der Waals surface area contributed by atoms with Gasteiger partial charge in [0.05, 0.1) is 12.6 Å². The highest BCUT2D eigenvalue weighted by molar-refractivity contribution is 5.80. The van der Waals surface area contributed by atoms with E-state index < -0.39 is 0 Å². The second-order valence-corrected chi connectivity index (χ2v) is 3.40. The molecular formula is C10H22N2O2. The van der Waals surface area contributed by atoms with Gasteiger partial charge in [-0.3, -0.25) is 9.69 Å². The first-order valence-corrected chi connectivity index (χ1v) is 5.23. The third-order valence-corrected chi connectivity index (χ3v) is 2.36. The molecule has 0 rings (SSSR count). The van der Waals surface area contributed by atoms with Gasteiger partial charge in [0.1, 0.15) is 0 Å². The van der Waals surface area contributed by atoms with Gasteiger partial charge in [-0.05, 0) is 19.9 Å². The lowest BCUT2D eigenvalue weighted by molar-refractivity contribution is -0.125. The van der Waals surface area contributed by atoms with Crippen molar-refractivity contribution in [2.75, 3.05) is 26.7 Å². The van der Waals surface area contributed by atoms with E-state index in [4.69, 9.17) is 5.11 Å². The molecule has 0 radical (unpaired) electrons. The van der Waals surface area contributed by atoms with Crippen LogP contribution in [0.1, 0.15) is 26.7 Å². The molecule has 0 heterocycles. The Morgan fingerprint density at radius 3 is 2.57 bits per heavy atom. The number of amides is 1. The minimum atomic E-state index is -0.154. The lowest BCUT2D eigenvalue weighted by Gasteiger charge is -2.26. The van der Waals surface area contributed by atoms with Gasteiger partial charge in [0.25, 0.3) is 0 Å². The van der Waals surface area contributed by atoms with Crippen molar-refractivity contribution in [1.82, 2.24) is 10.2 Å². The zero-order chi connectivity index (χ0) is 11.0. The summed E-state index contributed by atoms with van der Waals surface area (Å²) < 4.78 is 0. The Morgan fingerprint density at radius 2 is 2.14 bits per heavy atom. The maximum Gasteiger partial charge on any atom is 0.236 e. The molecule has 4 heteroatoms. The number of aliphatic hydroxyl groups is 1. The van der Waals surface area contributed by atoms with E-state index in [-0.39, 0.29) is 18.6 Å². The van der Waals surface area contributed by atoms with Crippen LogP contribution in [-0.4, -0.2) is 48.7 Å². The molecule has 0 fully saturated rings. The summed E-state index contributed by atoms with van der Waals surface area (Å²) in [6.45, 7) is 5.51. The molecule has 4 nitrogen and oxygen atoms in total. The van der Waals surface area contributed by atoms with E-state index in [1.54, 1.807) is 7.05 Å². The average molecular weight is 202 g/mol. The average Bonchev–Trinajstić information content (AvgIpc) is 2.22. The second kappa shape index (κ2) is 7.76. The minimum Gasteiger partial charge on any atom is -0.395 e. The fourth-order valence-corrected chi connectivity index (χ4v) is 1.36. The smallest absolute Gasteiger partial charge is 0.236 e. The van der Waals surface area contributed by atoms with Crippen molar-refractivity contribution in [3.8, 4) is 0 Å². The fourth-order valence-electron chi connectivity index (χ4n) is 1.36. The Hall–Kier alpha value is -0.610. The van der Waals surface area contributed by atoms with Gasteiger partial charge in [0, 0.05) is 13.6 Å². The molecule has 1 atom stereocenters. The number of unbranched alkanes of at least 4 members (excludes halogenated alkanes) is 1. The second-order valence-electron chi connectivity index (χ2n) is 3.40. The molecule has 2 N–H and O–H groups in total. The van der Waals surface area contributed by atoms with Gasteiger partial charge in [0.2, 0.25) is 5.91 Å². The van der Waals surface area contributed by atoms with E-state index in [2.05, 4.69) is 12.2 Å². The van der Waals surface area contributed by atoms with Crippen molar-refractivity contribution in [2.45, 2.75) is 32.7 Å². The Kier molecular flexibility index (Phi) is 7.42. The SMILES string of the molecule is CCCCN(CCO)C(C)C(=O)NC. The summed E-state index contributed by atoms with van der Waals surface area (Å²) in [5.74, 6) is 0.00885. The highest BCUT2D eigenvalue weighted by atomic mass is 16.3. The summed E-state index contributed by atoms with van der Waals surface area (Å²) in [6, 6.07) is -0.154. The molecule has 0 aromatic rings. The number of likely N-dealkylation sites (N-methyl/N-ethyl adjacent to an activating group) is 1. The Labute approximate surface area is 86.3 Å². The first-order chi connectivity index (χ1) is 6.67. The maximum atomic E-state index is 11.4. The van der Waals surface area contributed by atoms with Crippen molar-refractivity contribution in [3.05, 3.63) is 0 Å². The molecule has 0 saturated heterocycles. The van der Waals surface area contributed by atoms with Gasteiger partial charge in [0.15, 0.2) is 0 Å². The molecule has 0 bridgehead atoms. The van der Waals surface area contributed by atoms with Crippen molar-refractivity contribution < 1.29 is 9.90 Å². The van der Waals surface area contributed by atoms with E-state index in [1.807, 2.05) is 11.8 Å². The van der Waals surface area contributed by atoms with Crippen LogP contribution in [0.5, 0.6) is 0 Å². The standard InChI is InChI=1S/C10H22N2O2/c1-4-5-6-12(7-8-13)9(2)10(14)11-3/h9,13H,4-8H2,1-3H3,(H,11,14). The molecular weight excluding hydrogens is 180 g/mol. The maximum absolute atomic E-state index is 11.4. The predicted octanol–water partition coefficient (Wildman–Crippen LogP) is 0.215. The summed E-state index contributed by atoms with van der Waals surface area (Å²) >= 11 is 0. The van der Waals surface area contributed by atoms with Crippen LogP contribution in [0, 0.1) is 0 Å². The van der Waals surface area contributed by atoms with E-state index >= 15 is 0 Å². The van der Waals surface area contributed by atoms with Crippen LogP contribution in [0.2, 0.25) is 0 Å². The third-order valence-electron chi connectivity index (χ3n) is 2.36. The number of nitrogens with zero attached hydrogens (tertiary/aromatic N) is 1. The van der Waals surface area contributed by atoms with Gasteiger partial charge in [-0.15, -0.1) is 0 Å². The largest absolute Gasteiger partial charge is 0.395 e. The number of nitrogens with one attached hydrogen (secondary N) is 1. The summed E-state index contributed by atoms with van der Waals surface area (Å²) in [5.41, 5.74) is 0. The molecule has 14 heavy (non-hydrogen) atoms. The zero-order valence-corrected chi connectivity index (χ0v) is 9.42. The minimum absolute atomic E-state index is 0.00885. The van der Waals surface area contributed by atoms with E-state index in [9.17, 15) is 4.79 Å². The summed E-state index contributed by atoms with van der Waals surface area (Å²) in [7, 11) is 1.63. The van der Waals surface area contributed by atoms with Crippen molar-refractivity contribution in [2.24, 2.45) is 0 Å². The molecule has 84 valence electrons. The Bertz CT molecular complexity index is 162. The van der Waals surface area contributed by atoms with Gasteiger partial charge < -0.3 is 10.4 Å². The number of rotatable bonds is 7. The van der Waals surface area contributed by atoms with Gasteiger partial charge in [-0.1, -0.05) is 13.3 Å². The summed E-state index contributed by atoms with van der Waals surface area (Å²) in [6.07, 6.45) is 2.16. The van der Waals surface area contributed by atoms with Crippen LogP contribution < -0.4 is 5.32 Å². The lowest BCUT2D eigenvalue weighted by Crippen LogP contribution is -2.45. The highest BCUT2D eigenvalue weighted by Gasteiger charge is 2.18. The lowest BCUT2D eigenvalue weighted by atomic mass is 10.2. The van der Waals surface area contributed by atoms with Crippen LogP contribution in [0.4, 0.5) is 0 Å². The number of carbonyl (C=O) groups is 1. The van der Waals surface area contributed by atoms with Crippen molar-refractivity contribution in [1.29, 1.82) is 0 Å². The van der Waals surface area contributed by atoms with Crippen LogP contribution in [0.3, 0.4) is 0 Å². The number of aliphatic hydroxyl groups excluding tert-OH is 1. The number of hydrogen-bond acceptors (Lipinski definition) is 3. The number of carbonyl (C=O) groups excluding carboxylic acids is 1. The molecule has 1 amide bonds. The van der Waals surface area contributed by atoms with Crippen LogP contribution in [0.15, 0.2) is 0 Å². The van der Waals surface area contributed by atoms with Gasteiger partial charge in [-0.25, -0.2) is 0 Å². The Morgan fingerprint density at radius 1 is 1.50 bits per heavy atom. The topological polar surface area (TPSA) is 52.6 Å². The molecule has 0 aromatic carbocycles. The van der Waals surface area contributed by atoms with Crippen molar-refractivity contribution >= 4 is 5.91 Å². The molecule has 0 aliphatic heterocycles. The first-order valence-electron chi connectivity index (χ1n) is 5.23. The van der Waals surface area contributed by atoms with E-state index in [0.717, 1.165) is 19.4 Å². The zero-order valence-electron chi connectivity index (χ0n) is 9.42. The van der Waals surface area contributed by atoms with Gasteiger partial charge >= 0.3 is 0 Å². The predicted molar refractivity (Wildman–Crippen MR) is 57.1 cm³/mol. The molecule has 0 aliphatic carbocycles. The normalized spacial score (nSPS) is 12.9. The van der Waals surface area contributed by atoms with Crippen molar-refractivity contribution in [3.63, 3.8) is 0 Å². The van der Waals surface area contributed by atoms with Gasteiger partial charge in [-0.2, -0.15) is 0 Å². The van der Waals surface area contributed by atoms with Crippen LogP contribution >= 0.6 is 0 Å². The summed E-state index contributed by atoms with van der Waals surface area (Å²) in [4.78, 5) is 13.4. The molecule has 0 aliphatic rings.